The summed E-state index contributed by atoms with van der Waals surface area (Å²) in [5.41, 5.74) is 1.03. The molecule has 1 aromatic heterocycles. The molecule has 0 aromatic carbocycles. The Morgan fingerprint density at radius 3 is 2.93 bits per heavy atom. The van der Waals surface area contributed by atoms with Gasteiger partial charge in [0.1, 0.15) is 5.88 Å². The highest BCUT2D eigenvalue weighted by atomic mass is 35.5. The van der Waals surface area contributed by atoms with Gasteiger partial charge in [0.05, 0.1) is 5.01 Å². The second-order valence-corrected chi connectivity index (χ2v) is 3.83. The number of halogens is 2. The lowest BCUT2D eigenvalue weighted by Gasteiger charge is -1.99. The summed E-state index contributed by atoms with van der Waals surface area (Å²) in [5, 5.41) is 5.73. The maximum absolute atomic E-state index is 10.7. The van der Waals surface area contributed by atoms with Crippen LogP contribution in [0.5, 0.6) is 0 Å². The molecule has 0 bridgehead atoms. The van der Waals surface area contributed by atoms with E-state index in [4.69, 9.17) is 11.6 Å². The number of nitrogens with one attached hydrogen (secondary N) is 1. The molecule has 0 fully saturated rings. The molecule has 3 nitrogen and oxygen atoms in total. The van der Waals surface area contributed by atoms with Gasteiger partial charge in [0.2, 0.25) is 5.91 Å². The lowest BCUT2D eigenvalue weighted by molar-refractivity contribution is -0.118. The maximum Gasteiger partial charge on any atom is 0.234 e. The zero-order valence-corrected chi connectivity index (χ0v) is 10.1. The third-order valence-electron chi connectivity index (χ3n) is 1.45. The van der Waals surface area contributed by atoms with Crippen LogP contribution >= 0.6 is 35.3 Å². The highest BCUT2D eigenvalue weighted by molar-refractivity contribution is 7.09. The number of nitrogens with zero attached hydrogens (tertiary/aromatic N) is 1. The van der Waals surface area contributed by atoms with E-state index in [9.17, 15) is 4.79 Å². The summed E-state index contributed by atoms with van der Waals surface area (Å²) in [6, 6.07) is 0. The lowest BCUT2D eigenvalue weighted by Crippen LogP contribution is -2.26. The van der Waals surface area contributed by atoms with Crippen LogP contribution in [-0.4, -0.2) is 23.3 Å². The molecule has 1 heterocycles. The zero-order chi connectivity index (χ0) is 9.68. The van der Waals surface area contributed by atoms with E-state index in [1.807, 2.05) is 12.3 Å². The molecule has 1 aromatic rings. The quantitative estimate of drug-likeness (QED) is 0.833. The van der Waals surface area contributed by atoms with Crippen molar-refractivity contribution in [2.75, 3.05) is 12.4 Å². The van der Waals surface area contributed by atoms with Gasteiger partial charge in [-0.25, -0.2) is 4.98 Å². The summed E-state index contributed by atoms with van der Waals surface area (Å²) >= 11 is 6.93. The normalized spacial score (nSPS) is 9.29. The SMILES string of the molecule is Cc1csc(CCNC(=O)CCl)n1.Cl. The van der Waals surface area contributed by atoms with Gasteiger partial charge in [-0.1, -0.05) is 0 Å². The Morgan fingerprint density at radius 2 is 2.43 bits per heavy atom. The third kappa shape index (κ3) is 4.79. The minimum atomic E-state index is -0.130. The number of carbonyl (C=O) groups excluding carboxylic acids is 1. The Bertz CT molecular complexity index is 291. The summed E-state index contributed by atoms with van der Waals surface area (Å²) in [7, 11) is 0. The van der Waals surface area contributed by atoms with Crippen LogP contribution in [0.2, 0.25) is 0 Å². The van der Waals surface area contributed by atoms with Crippen molar-refractivity contribution >= 4 is 41.3 Å². The number of amides is 1. The molecular formula is C8H12Cl2N2OS. The standard InChI is InChI=1S/C8H11ClN2OS.ClH/c1-6-5-13-8(11-6)2-3-10-7(12)4-9;/h5H,2-4H2,1H3,(H,10,12);1H. The van der Waals surface area contributed by atoms with E-state index in [2.05, 4.69) is 10.3 Å². The molecule has 0 aliphatic heterocycles. The number of aryl methyl sites for hydroxylation is 1. The Hall–Kier alpha value is -0.320. The van der Waals surface area contributed by atoms with Crippen molar-refractivity contribution in [3.63, 3.8) is 0 Å². The van der Waals surface area contributed by atoms with E-state index in [0.717, 1.165) is 17.1 Å². The molecule has 80 valence electrons. The van der Waals surface area contributed by atoms with Gasteiger partial charge in [0.15, 0.2) is 0 Å². The first-order valence-electron chi connectivity index (χ1n) is 3.96. The highest BCUT2D eigenvalue weighted by Crippen LogP contribution is 2.08. The average molecular weight is 255 g/mol. The summed E-state index contributed by atoms with van der Waals surface area (Å²) in [6.45, 7) is 2.57. The first-order valence-corrected chi connectivity index (χ1v) is 5.37. The van der Waals surface area contributed by atoms with E-state index >= 15 is 0 Å². The number of hydrogen-bond acceptors (Lipinski definition) is 3. The van der Waals surface area contributed by atoms with Gasteiger partial charge in [0, 0.05) is 24.0 Å². The molecule has 0 aliphatic rings. The predicted molar refractivity (Wildman–Crippen MR) is 61.5 cm³/mol. The largest absolute Gasteiger partial charge is 0.355 e. The summed E-state index contributed by atoms with van der Waals surface area (Å²) < 4.78 is 0. The summed E-state index contributed by atoms with van der Waals surface area (Å²) in [6.07, 6.45) is 0.779. The van der Waals surface area contributed by atoms with Crippen molar-refractivity contribution in [3.8, 4) is 0 Å². The van der Waals surface area contributed by atoms with E-state index in [1.54, 1.807) is 11.3 Å². The molecule has 1 N–H and O–H groups in total. The second kappa shape index (κ2) is 7.04. The van der Waals surface area contributed by atoms with E-state index in [1.165, 1.54) is 0 Å². The molecule has 0 atom stereocenters. The van der Waals surface area contributed by atoms with Crippen LogP contribution in [-0.2, 0) is 11.2 Å². The maximum atomic E-state index is 10.7. The van der Waals surface area contributed by atoms with Crippen molar-refractivity contribution in [1.29, 1.82) is 0 Å². The predicted octanol–water partition coefficient (Wildman–Crippen LogP) is 1.77. The van der Waals surface area contributed by atoms with Crippen LogP contribution in [0.1, 0.15) is 10.7 Å². The Labute approximate surface area is 98.3 Å². The van der Waals surface area contributed by atoms with E-state index < -0.39 is 0 Å². The zero-order valence-electron chi connectivity index (χ0n) is 7.75. The van der Waals surface area contributed by atoms with Crippen LogP contribution in [0.3, 0.4) is 0 Å². The van der Waals surface area contributed by atoms with Gasteiger partial charge in [-0.15, -0.1) is 35.3 Å². The molecule has 0 unspecified atom stereocenters. The monoisotopic (exact) mass is 254 g/mol. The molecule has 0 aliphatic carbocycles. The summed E-state index contributed by atoms with van der Waals surface area (Å²) in [5.74, 6) is -0.105. The highest BCUT2D eigenvalue weighted by Gasteiger charge is 2.00. The van der Waals surface area contributed by atoms with E-state index in [0.29, 0.717) is 6.54 Å². The van der Waals surface area contributed by atoms with Gasteiger partial charge in [-0.05, 0) is 6.92 Å². The first kappa shape index (κ1) is 13.7. The van der Waals surface area contributed by atoms with Crippen molar-refractivity contribution in [2.45, 2.75) is 13.3 Å². The smallest absolute Gasteiger partial charge is 0.234 e. The van der Waals surface area contributed by atoms with Crippen molar-refractivity contribution in [2.24, 2.45) is 0 Å². The second-order valence-electron chi connectivity index (χ2n) is 2.62. The molecule has 0 radical (unpaired) electrons. The third-order valence-corrected chi connectivity index (χ3v) is 2.72. The molecule has 0 saturated heterocycles. The van der Waals surface area contributed by atoms with Crippen LogP contribution in [0, 0.1) is 6.92 Å². The summed E-state index contributed by atoms with van der Waals surface area (Å²) in [4.78, 5) is 15.0. The van der Waals surface area contributed by atoms with Gasteiger partial charge in [-0.2, -0.15) is 0 Å². The molecular weight excluding hydrogens is 243 g/mol. The van der Waals surface area contributed by atoms with Gasteiger partial charge < -0.3 is 5.32 Å². The number of hydrogen-bond donors (Lipinski definition) is 1. The Balaban J connectivity index is 0.00000169. The van der Waals surface area contributed by atoms with Gasteiger partial charge in [0.25, 0.3) is 0 Å². The molecule has 1 rings (SSSR count). The molecule has 14 heavy (non-hydrogen) atoms. The first-order chi connectivity index (χ1) is 6.22. The number of carbonyl (C=O) groups is 1. The Kier molecular flexibility index (Phi) is 6.87. The molecule has 0 saturated carbocycles. The van der Waals surface area contributed by atoms with E-state index in [-0.39, 0.29) is 24.2 Å². The number of aromatic nitrogens is 1. The molecule has 0 spiro atoms. The fourth-order valence-electron chi connectivity index (χ4n) is 0.874. The number of alkyl halides is 1. The van der Waals surface area contributed by atoms with Crippen LogP contribution in [0.4, 0.5) is 0 Å². The minimum absolute atomic E-state index is 0. The topological polar surface area (TPSA) is 42.0 Å². The van der Waals surface area contributed by atoms with Gasteiger partial charge >= 0.3 is 0 Å². The minimum Gasteiger partial charge on any atom is -0.355 e. The van der Waals surface area contributed by atoms with Crippen LogP contribution < -0.4 is 5.32 Å². The van der Waals surface area contributed by atoms with Crippen molar-refractivity contribution in [3.05, 3.63) is 16.1 Å². The fourth-order valence-corrected chi connectivity index (χ4v) is 1.74. The fraction of sp³-hybridized carbons (Fsp3) is 0.500. The average Bonchev–Trinajstić information content (AvgIpc) is 2.51. The van der Waals surface area contributed by atoms with Gasteiger partial charge in [-0.3, -0.25) is 4.79 Å². The lowest BCUT2D eigenvalue weighted by atomic mass is 10.4. The number of rotatable bonds is 4. The Morgan fingerprint density at radius 1 is 1.71 bits per heavy atom. The number of thiazole rings is 1. The van der Waals surface area contributed by atoms with Crippen molar-refractivity contribution in [1.82, 2.24) is 10.3 Å². The molecule has 1 amide bonds. The van der Waals surface area contributed by atoms with Crippen molar-refractivity contribution < 1.29 is 4.79 Å². The van der Waals surface area contributed by atoms with Crippen LogP contribution in [0.25, 0.3) is 0 Å². The molecule has 6 heteroatoms. The van der Waals surface area contributed by atoms with Crippen LogP contribution in [0.15, 0.2) is 5.38 Å².